The Labute approximate surface area is 200 Å². The number of aromatic nitrogens is 2. The zero-order chi connectivity index (χ0) is 24.0. The van der Waals surface area contributed by atoms with Gasteiger partial charge in [0.25, 0.3) is 0 Å². The summed E-state index contributed by atoms with van der Waals surface area (Å²) in [7, 11) is -1.56. The van der Waals surface area contributed by atoms with Gasteiger partial charge in [-0.2, -0.15) is 0 Å². The van der Waals surface area contributed by atoms with E-state index in [1.807, 2.05) is 42.5 Å². The Kier molecular flexibility index (Phi) is 7.43. The molecule has 0 aliphatic carbocycles. The maximum absolute atomic E-state index is 12.6. The van der Waals surface area contributed by atoms with Crippen molar-refractivity contribution < 1.29 is 17.9 Å². The average Bonchev–Trinajstić information content (AvgIpc) is 3.20. The van der Waals surface area contributed by atoms with Crippen LogP contribution >= 0.6 is 0 Å². The van der Waals surface area contributed by atoms with Crippen LogP contribution in [0.5, 0.6) is 5.75 Å². The summed E-state index contributed by atoms with van der Waals surface area (Å²) < 4.78 is 32.6. The molecule has 1 heterocycles. The SMILES string of the molecule is Cn1c(C(=O)COc2ccc(S(=O)(=O)CCCCCc3ccccc3)cc2)nc2ccccc21. The molecule has 0 fully saturated rings. The number of unbranched alkanes of at least 4 members (excludes halogenated alkanes) is 2. The van der Waals surface area contributed by atoms with E-state index in [0.717, 1.165) is 30.3 Å². The zero-order valence-electron chi connectivity index (χ0n) is 19.2. The number of fused-ring (bicyclic) bond motifs is 1. The number of ketones is 1. The molecule has 176 valence electrons. The number of imidazole rings is 1. The molecular weight excluding hydrogens is 448 g/mol. The number of hydrogen-bond acceptors (Lipinski definition) is 5. The monoisotopic (exact) mass is 476 g/mol. The average molecular weight is 477 g/mol. The minimum absolute atomic E-state index is 0.118. The first-order valence-corrected chi connectivity index (χ1v) is 13.0. The van der Waals surface area contributed by atoms with Crippen LogP contribution in [-0.2, 0) is 23.3 Å². The van der Waals surface area contributed by atoms with Gasteiger partial charge in [-0.15, -0.1) is 0 Å². The quantitative estimate of drug-likeness (QED) is 0.224. The summed E-state index contributed by atoms with van der Waals surface area (Å²) in [4.78, 5) is 17.2. The molecule has 0 atom stereocenters. The van der Waals surface area contributed by atoms with Crippen molar-refractivity contribution >= 4 is 26.7 Å². The van der Waals surface area contributed by atoms with Gasteiger partial charge in [-0.25, -0.2) is 13.4 Å². The van der Waals surface area contributed by atoms with E-state index < -0.39 is 9.84 Å². The van der Waals surface area contributed by atoms with Gasteiger partial charge in [-0.3, -0.25) is 4.79 Å². The van der Waals surface area contributed by atoms with Crippen LogP contribution in [0.15, 0.2) is 83.8 Å². The van der Waals surface area contributed by atoms with Crippen molar-refractivity contribution in [2.24, 2.45) is 7.05 Å². The van der Waals surface area contributed by atoms with Gasteiger partial charge in [-0.05, 0) is 61.2 Å². The predicted octanol–water partition coefficient (Wildman–Crippen LogP) is 5.02. The van der Waals surface area contributed by atoms with E-state index in [2.05, 4.69) is 17.1 Å². The van der Waals surface area contributed by atoms with E-state index in [0.29, 0.717) is 18.0 Å². The summed E-state index contributed by atoms with van der Waals surface area (Å²) in [5.74, 6) is 0.639. The largest absolute Gasteiger partial charge is 0.485 e. The number of sulfone groups is 1. The van der Waals surface area contributed by atoms with Gasteiger partial charge in [0.15, 0.2) is 22.3 Å². The van der Waals surface area contributed by atoms with Crippen LogP contribution < -0.4 is 4.74 Å². The molecular formula is C27H28N2O4S. The highest BCUT2D eigenvalue weighted by Gasteiger charge is 2.17. The number of hydrogen-bond donors (Lipinski definition) is 0. The molecule has 6 nitrogen and oxygen atoms in total. The second-order valence-electron chi connectivity index (χ2n) is 8.28. The smallest absolute Gasteiger partial charge is 0.235 e. The molecule has 0 amide bonds. The molecule has 0 N–H and O–H groups in total. The molecule has 4 aromatic rings. The molecule has 0 saturated carbocycles. The summed E-state index contributed by atoms with van der Waals surface area (Å²) in [5.41, 5.74) is 2.90. The number of aryl methyl sites for hydroxylation is 2. The number of Topliss-reactive ketones (excluding diaryl/α,β-unsaturated/α-hetero) is 1. The van der Waals surface area contributed by atoms with E-state index >= 15 is 0 Å². The second kappa shape index (κ2) is 10.7. The van der Waals surface area contributed by atoms with Gasteiger partial charge >= 0.3 is 0 Å². The van der Waals surface area contributed by atoms with Gasteiger partial charge in [0.05, 0.1) is 21.7 Å². The number of carbonyl (C=O) groups is 1. The van der Waals surface area contributed by atoms with Crippen molar-refractivity contribution in [1.82, 2.24) is 9.55 Å². The van der Waals surface area contributed by atoms with Gasteiger partial charge in [0.1, 0.15) is 5.75 Å². The van der Waals surface area contributed by atoms with Crippen LogP contribution in [0, 0.1) is 0 Å². The van der Waals surface area contributed by atoms with Crippen molar-refractivity contribution in [2.75, 3.05) is 12.4 Å². The van der Waals surface area contributed by atoms with Crippen LogP contribution in [0.1, 0.15) is 35.4 Å². The lowest BCUT2D eigenvalue weighted by Gasteiger charge is -2.08. The molecule has 0 unspecified atom stereocenters. The van der Waals surface area contributed by atoms with Gasteiger partial charge in [0.2, 0.25) is 5.78 Å². The number of benzene rings is 3. The van der Waals surface area contributed by atoms with E-state index in [4.69, 9.17) is 4.74 Å². The van der Waals surface area contributed by atoms with Crippen LogP contribution in [0.4, 0.5) is 0 Å². The summed E-state index contributed by atoms with van der Waals surface area (Å²) in [6.45, 7) is -0.176. The second-order valence-corrected chi connectivity index (χ2v) is 10.4. The third-order valence-corrected chi connectivity index (χ3v) is 7.63. The van der Waals surface area contributed by atoms with Crippen LogP contribution in [0.25, 0.3) is 11.0 Å². The van der Waals surface area contributed by atoms with Crippen LogP contribution in [0.2, 0.25) is 0 Å². The fraction of sp³-hybridized carbons (Fsp3) is 0.259. The van der Waals surface area contributed by atoms with Crippen LogP contribution in [-0.4, -0.2) is 36.1 Å². The van der Waals surface area contributed by atoms with E-state index in [1.54, 1.807) is 23.7 Å². The van der Waals surface area contributed by atoms with Crippen molar-refractivity contribution in [3.05, 3.63) is 90.3 Å². The number of rotatable bonds is 11. The Hall–Kier alpha value is -3.45. The van der Waals surface area contributed by atoms with Gasteiger partial charge < -0.3 is 9.30 Å². The summed E-state index contributed by atoms with van der Waals surface area (Å²) in [5, 5.41) is 0. The summed E-state index contributed by atoms with van der Waals surface area (Å²) in [6.07, 6.45) is 3.41. The third kappa shape index (κ3) is 5.72. The Morgan fingerprint density at radius 2 is 1.59 bits per heavy atom. The minimum atomic E-state index is -3.35. The minimum Gasteiger partial charge on any atom is -0.485 e. The Morgan fingerprint density at radius 1 is 0.882 bits per heavy atom. The molecule has 0 aliphatic rings. The van der Waals surface area contributed by atoms with E-state index in [1.165, 1.54) is 17.7 Å². The van der Waals surface area contributed by atoms with E-state index in [9.17, 15) is 13.2 Å². The lowest BCUT2D eigenvalue weighted by Crippen LogP contribution is -2.16. The molecule has 4 rings (SSSR count). The molecule has 0 aliphatic heterocycles. The van der Waals surface area contributed by atoms with Crippen molar-refractivity contribution in [3.63, 3.8) is 0 Å². The standard InChI is InChI=1S/C27H28N2O4S/c1-29-25-14-8-7-13-24(25)28-27(29)26(30)20-33-22-15-17-23(18-16-22)34(31,32)19-9-3-6-12-21-10-4-2-5-11-21/h2,4-5,7-8,10-11,13-18H,3,6,9,12,19-20H2,1H3. The van der Waals surface area contributed by atoms with Crippen molar-refractivity contribution in [2.45, 2.75) is 30.6 Å². The van der Waals surface area contributed by atoms with Crippen LogP contribution in [0.3, 0.4) is 0 Å². The molecule has 34 heavy (non-hydrogen) atoms. The van der Waals surface area contributed by atoms with Gasteiger partial charge in [-0.1, -0.05) is 48.9 Å². The number of para-hydroxylation sites is 2. The van der Waals surface area contributed by atoms with Crippen molar-refractivity contribution in [1.29, 1.82) is 0 Å². The maximum Gasteiger partial charge on any atom is 0.235 e. The highest BCUT2D eigenvalue weighted by atomic mass is 32.2. The van der Waals surface area contributed by atoms with Gasteiger partial charge in [0, 0.05) is 7.05 Å². The lowest BCUT2D eigenvalue weighted by atomic mass is 10.1. The molecule has 1 aromatic heterocycles. The Morgan fingerprint density at radius 3 is 2.32 bits per heavy atom. The fourth-order valence-electron chi connectivity index (χ4n) is 3.91. The number of ether oxygens (including phenoxy) is 1. The summed E-state index contributed by atoms with van der Waals surface area (Å²) in [6, 6.07) is 24.0. The maximum atomic E-state index is 12.6. The molecule has 0 spiro atoms. The fourth-order valence-corrected chi connectivity index (χ4v) is 5.28. The molecule has 0 saturated heterocycles. The topological polar surface area (TPSA) is 78.3 Å². The zero-order valence-corrected chi connectivity index (χ0v) is 20.0. The predicted molar refractivity (Wildman–Crippen MR) is 133 cm³/mol. The highest BCUT2D eigenvalue weighted by molar-refractivity contribution is 7.91. The third-order valence-electron chi connectivity index (χ3n) is 5.81. The summed E-state index contributed by atoms with van der Waals surface area (Å²) >= 11 is 0. The Bertz CT molecular complexity index is 1360. The Balaban J connectivity index is 1.27. The first-order valence-electron chi connectivity index (χ1n) is 11.4. The first-order chi connectivity index (χ1) is 16.4. The van der Waals surface area contributed by atoms with E-state index in [-0.39, 0.29) is 23.0 Å². The lowest BCUT2D eigenvalue weighted by molar-refractivity contribution is 0.0908. The number of nitrogens with zero attached hydrogens (tertiary/aromatic N) is 2. The molecule has 0 radical (unpaired) electrons. The highest BCUT2D eigenvalue weighted by Crippen LogP contribution is 2.20. The number of carbonyl (C=O) groups excluding carboxylic acids is 1. The molecule has 7 heteroatoms. The van der Waals surface area contributed by atoms with Crippen molar-refractivity contribution in [3.8, 4) is 5.75 Å². The molecule has 0 bridgehead atoms. The molecule has 3 aromatic carbocycles. The first kappa shape index (κ1) is 23.7. The normalized spacial score (nSPS) is 11.6.